The zero-order valence-electron chi connectivity index (χ0n) is 10.7. The summed E-state index contributed by atoms with van der Waals surface area (Å²) in [5.41, 5.74) is 0. The van der Waals surface area contributed by atoms with E-state index in [0.717, 1.165) is 22.6 Å². The van der Waals surface area contributed by atoms with E-state index in [1.165, 1.54) is 30.6 Å². The fraction of sp³-hybridized carbons (Fsp3) is 0.714. The van der Waals surface area contributed by atoms with E-state index in [4.69, 9.17) is 11.6 Å². The van der Waals surface area contributed by atoms with E-state index in [2.05, 4.69) is 25.4 Å². The molecule has 3 heteroatoms. The Morgan fingerprint density at radius 2 is 2.29 bits per heavy atom. The number of rotatable bonds is 5. The van der Waals surface area contributed by atoms with Crippen LogP contribution in [0.1, 0.15) is 37.5 Å². The van der Waals surface area contributed by atoms with Crippen LogP contribution in [-0.4, -0.2) is 13.1 Å². The van der Waals surface area contributed by atoms with Gasteiger partial charge >= 0.3 is 0 Å². The molecule has 1 heterocycles. The first-order valence-corrected chi connectivity index (χ1v) is 7.83. The second-order valence-electron chi connectivity index (χ2n) is 5.15. The first-order valence-electron chi connectivity index (χ1n) is 6.64. The number of thiophene rings is 1. The lowest BCUT2D eigenvalue weighted by Crippen LogP contribution is -2.34. The van der Waals surface area contributed by atoms with Gasteiger partial charge in [0, 0.05) is 10.9 Å². The highest BCUT2D eigenvalue weighted by Gasteiger charge is 2.29. The van der Waals surface area contributed by atoms with Gasteiger partial charge in [-0.05, 0) is 50.3 Å². The van der Waals surface area contributed by atoms with E-state index in [0.29, 0.717) is 6.04 Å². The van der Waals surface area contributed by atoms with Crippen LogP contribution in [0, 0.1) is 11.8 Å². The van der Waals surface area contributed by atoms with Crippen LogP contribution in [0.3, 0.4) is 0 Å². The quantitative estimate of drug-likeness (QED) is 0.839. The smallest absolute Gasteiger partial charge is 0.0931 e. The van der Waals surface area contributed by atoms with Crippen LogP contribution in [0.5, 0.6) is 0 Å². The van der Waals surface area contributed by atoms with Gasteiger partial charge in [0.1, 0.15) is 0 Å². The Kier molecular flexibility index (Phi) is 4.89. The summed E-state index contributed by atoms with van der Waals surface area (Å²) in [6.45, 7) is 2.32. The van der Waals surface area contributed by atoms with Crippen molar-refractivity contribution >= 4 is 22.9 Å². The van der Waals surface area contributed by atoms with E-state index in [1.54, 1.807) is 11.3 Å². The van der Waals surface area contributed by atoms with E-state index in [1.807, 2.05) is 6.07 Å². The maximum absolute atomic E-state index is 5.99. The van der Waals surface area contributed by atoms with Crippen molar-refractivity contribution in [3.05, 3.63) is 21.3 Å². The van der Waals surface area contributed by atoms with Crippen LogP contribution >= 0.6 is 22.9 Å². The number of hydrogen-bond acceptors (Lipinski definition) is 2. The molecule has 1 aliphatic carbocycles. The zero-order chi connectivity index (χ0) is 12.3. The predicted octanol–water partition coefficient (Wildman–Crippen LogP) is 4.36. The highest BCUT2D eigenvalue weighted by Crippen LogP contribution is 2.36. The number of halogens is 1. The van der Waals surface area contributed by atoms with Crippen molar-refractivity contribution in [3.8, 4) is 0 Å². The molecule has 0 spiro atoms. The summed E-state index contributed by atoms with van der Waals surface area (Å²) >= 11 is 7.71. The van der Waals surface area contributed by atoms with E-state index < -0.39 is 0 Å². The Morgan fingerprint density at radius 1 is 1.47 bits per heavy atom. The van der Waals surface area contributed by atoms with Gasteiger partial charge in [0.05, 0.1) is 4.34 Å². The molecule has 1 N–H and O–H groups in total. The van der Waals surface area contributed by atoms with E-state index >= 15 is 0 Å². The molecule has 1 saturated carbocycles. The largest absolute Gasteiger partial charge is 0.316 e. The molecule has 1 nitrogen and oxygen atoms in total. The van der Waals surface area contributed by atoms with Gasteiger partial charge < -0.3 is 5.32 Å². The van der Waals surface area contributed by atoms with Gasteiger partial charge in [-0.3, -0.25) is 0 Å². The predicted molar refractivity (Wildman–Crippen MR) is 77.0 cm³/mol. The molecule has 17 heavy (non-hydrogen) atoms. The van der Waals surface area contributed by atoms with Crippen molar-refractivity contribution < 1.29 is 0 Å². The molecular formula is C14H22ClNS. The monoisotopic (exact) mass is 271 g/mol. The van der Waals surface area contributed by atoms with E-state index in [-0.39, 0.29) is 0 Å². The SMILES string of the molecule is CCC1CCC(C(Cc2ccc(Cl)s2)NC)C1. The van der Waals surface area contributed by atoms with Crippen LogP contribution in [-0.2, 0) is 6.42 Å². The van der Waals surface area contributed by atoms with Gasteiger partial charge in [0.15, 0.2) is 0 Å². The minimum atomic E-state index is 0.626. The Balaban J connectivity index is 1.93. The number of nitrogens with one attached hydrogen (secondary N) is 1. The van der Waals surface area contributed by atoms with Crippen LogP contribution in [0.4, 0.5) is 0 Å². The van der Waals surface area contributed by atoms with Crippen molar-refractivity contribution in [1.29, 1.82) is 0 Å². The Hall–Kier alpha value is -0.0500. The summed E-state index contributed by atoms with van der Waals surface area (Å²) in [5.74, 6) is 1.81. The lowest BCUT2D eigenvalue weighted by atomic mass is 9.93. The Bertz CT molecular complexity index is 350. The van der Waals surface area contributed by atoms with E-state index in [9.17, 15) is 0 Å². The molecule has 2 rings (SSSR count). The molecule has 3 unspecified atom stereocenters. The van der Waals surface area contributed by atoms with Crippen LogP contribution in [0.15, 0.2) is 12.1 Å². The second kappa shape index (κ2) is 6.21. The van der Waals surface area contributed by atoms with Gasteiger partial charge in [0.2, 0.25) is 0 Å². The van der Waals surface area contributed by atoms with Crippen LogP contribution in [0.2, 0.25) is 4.34 Å². The Labute approximate surface area is 114 Å². The van der Waals surface area contributed by atoms with Crippen molar-refractivity contribution in [2.24, 2.45) is 11.8 Å². The summed E-state index contributed by atoms with van der Waals surface area (Å²) in [7, 11) is 2.10. The minimum absolute atomic E-state index is 0.626. The lowest BCUT2D eigenvalue weighted by molar-refractivity contribution is 0.363. The van der Waals surface area contributed by atoms with Gasteiger partial charge in [0.25, 0.3) is 0 Å². The third kappa shape index (κ3) is 3.46. The standard InChI is InChI=1S/C14H22ClNS/c1-3-10-4-5-11(8-10)13(16-2)9-12-6-7-14(15)17-12/h6-7,10-11,13,16H,3-5,8-9H2,1-2H3. The molecule has 1 fully saturated rings. The highest BCUT2D eigenvalue weighted by molar-refractivity contribution is 7.16. The van der Waals surface area contributed by atoms with Gasteiger partial charge in [-0.15, -0.1) is 11.3 Å². The molecule has 0 radical (unpaired) electrons. The maximum Gasteiger partial charge on any atom is 0.0931 e. The molecule has 96 valence electrons. The normalized spacial score (nSPS) is 26.3. The highest BCUT2D eigenvalue weighted by atomic mass is 35.5. The maximum atomic E-state index is 5.99. The van der Waals surface area contributed by atoms with Crippen molar-refractivity contribution in [2.45, 2.75) is 45.1 Å². The molecule has 0 bridgehead atoms. The van der Waals surface area contributed by atoms with Gasteiger partial charge in [-0.2, -0.15) is 0 Å². The van der Waals surface area contributed by atoms with Gasteiger partial charge in [-0.25, -0.2) is 0 Å². The number of hydrogen-bond donors (Lipinski definition) is 1. The summed E-state index contributed by atoms with van der Waals surface area (Å²) in [6, 6.07) is 4.81. The fourth-order valence-electron chi connectivity index (χ4n) is 3.03. The molecule has 1 aromatic heterocycles. The third-order valence-corrected chi connectivity index (χ3v) is 5.40. The third-order valence-electron chi connectivity index (χ3n) is 4.15. The Morgan fingerprint density at radius 3 is 2.82 bits per heavy atom. The first-order chi connectivity index (χ1) is 8.22. The molecule has 0 saturated heterocycles. The summed E-state index contributed by atoms with van der Waals surface area (Å²) < 4.78 is 0.910. The average Bonchev–Trinajstić information content (AvgIpc) is 2.94. The van der Waals surface area contributed by atoms with Crippen molar-refractivity contribution in [2.75, 3.05) is 7.05 Å². The molecule has 0 aromatic carbocycles. The second-order valence-corrected chi connectivity index (χ2v) is 6.95. The summed E-state index contributed by atoms with van der Waals surface area (Å²) in [4.78, 5) is 1.41. The number of likely N-dealkylation sites (N-methyl/N-ethyl adjacent to an activating group) is 1. The summed E-state index contributed by atoms with van der Waals surface area (Å²) in [6.07, 6.45) is 6.70. The lowest BCUT2D eigenvalue weighted by Gasteiger charge is -2.22. The molecule has 0 aliphatic heterocycles. The van der Waals surface area contributed by atoms with Crippen LogP contribution < -0.4 is 5.32 Å². The first kappa shape index (κ1) is 13.4. The molecule has 1 aromatic rings. The molecular weight excluding hydrogens is 250 g/mol. The summed E-state index contributed by atoms with van der Waals surface area (Å²) in [5, 5.41) is 3.51. The minimum Gasteiger partial charge on any atom is -0.316 e. The van der Waals surface area contributed by atoms with Gasteiger partial charge in [-0.1, -0.05) is 31.4 Å². The average molecular weight is 272 g/mol. The van der Waals surface area contributed by atoms with Crippen molar-refractivity contribution in [1.82, 2.24) is 5.32 Å². The molecule has 0 amide bonds. The topological polar surface area (TPSA) is 12.0 Å². The van der Waals surface area contributed by atoms with Crippen molar-refractivity contribution in [3.63, 3.8) is 0 Å². The van der Waals surface area contributed by atoms with Crippen LogP contribution in [0.25, 0.3) is 0 Å². The zero-order valence-corrected chi connectivity index (χ0v) is 12.3. The molecule has 1 aliphatic rings. The fourth-order valence-corrected chi connectivity index (χ4v) is 4.18. The molecule has 3 atom stereocenters.